The van der Waals surface area contributed by atoms with Crippen LogP contribution in [0.4, 0.5) is 8.78 Å². The lowest BCUT2D eigenvalue weighted by Gasteiger charge is -2.47. The first-order valence-electron chi connectivity index (χ1n) is 10.5. The monoisotopic (exact) mass is 431 g/mol. The summed E-state index contributed by atoms with van der Waals surface area (Å²) in [5, 5.41) is 26.6. The summed E-state index contributed by atoms with van der Waals surface area (Å²) in [6.45, 7) is 4.54. The van der Waals surface area contributed by atoms with Crippen LogP contribution in [0.3, 0.4) is 0 Å². The van der Waals surface area contributed by atoms with Gasteiger partial charge in [0.05, 0.1) is 24.0 Å². The van der Waals surface area contributed by atoms with Gasteiger partial charge in [-0.15, -0.1) is 0 Å². The van der Waals surface area contributed by atoms with Crippen LogP contribution in [0.1, 0.15) is 32.3 Å². The van der Waals surface area contributed by atoms with Gasteiger partial charge in [-0.25, -0.2) is 8.78 Å². The molecule has 0 aromatic heterocycles. The van der Waals surface area contributed by atoms with E-state index in [4.69, 9.17) is 15.6 Å². The fourth-order valence-corrected chi connectivity index (χ4v) is 5.96. The maximum atomic E-state index is 14.2. The molecule has 4 rings (SSSR count). The van der Waals surface area contributed by atoms with Crippen LogP contribution in [0.2, 0.25) is 0 Å². The van der Waals surface area contributed by atoms with Crippen LogP contribution in [0.25, 0.3) is 0 Å². The van der Waals surface area contributed by atoms with Crippen molar-refractivity contribution in [1.82, 2.24) is 4.90 Å². The zero-order valence-corrected chi connectivity index (χ0v) is 17.7. The Morgan fingerprint density at radius 1 is 1.35 bits per heavy atom. The molecule has 1 heterocycles. The molecule has 1 aromatic carbocycles. The van der Waals surface area contributed by atoms with E-state index < -0.39 is 35.3 Å². The minimum Gasteiger partial charge on any atom is -0.387 e. The molecule has 3 atom stereocenters. The highest BCUT2D eigenvalue weighted by atomic mass is 19.1. The largest absolute Gasteiger partial charge is 0.387 e. The zero-order valence-electron chi connectivity index (χ0n) is 17.7. The maximum absolute atomic E-state index is 14.2. The van der Waals surface area contributed by atoms with E-state index >= 15 is 0 Å². The number of nitrogens with one attached hydrogen (secondary N) is 2. The molecule has 1 amide bonds. The number of rotatable bonds is 4. The molecule has 2 bridgehead atoms. The van der Waals surface area contributed by atoms with Gasteiger partial charge in [0, 0.05) is 24.2 Å². The minimum absolute atomic E-state index is 0.0531. The third kappa shape index (κ3) is 3.07. The summed E-state index contributed by atoms with van der Waals surface area (Å²) in [5.74, 6) is -2.03. The smallest absolute Gasteiger partial charge is 0.248 e. The van der Waals surface area contributed by atoms with E-state index in [2.05, 4.69) is 13.8 Å². The quantitative estimate of drug-likeness (QED) is 0.640. The van der Waals surface area contributed by atoms with E-state index in [0.717, 1.165) is 18.6 Å². The average molecular weight is 431 g/mol. The number of halogens is 2. The van der Waals surface area contributed by atoms with Crippen molar-refractivity contribution in [3.8, 4) is 0 Å². The van der Waals surface area contributed by atoms with Crippen molar-refractivity contribution in [2.75, 3.05) is 26.3 Å². The topological polar surface area (TPSA) is 97.5 Å². The average Bonchev–Trinajstić information content (AvgIpc) is 3.09. The van der Waals surface area contributed by atoms with E-state index in [1.807, 2.05) is 0 Å². The third-order valence-electron chi connectivity index (χ3n) is 7.59. The van der Waals surface area contributed by atoms with Gasteiger partial charge in [-0.3, -0.25) is 4.79 Å². The van der Waals surface area contributed by atoms with Crippen molar-refractivity contribution in [3.63, 3.8) is 0 Å². The molecule has 1 aliphatic heterocycles. The number of carbonyl (C=O) groups is 1. The Hall–Kier alpha value is -2.45. The molecule has 166 valence electrons. The predicted molar refractivity (Wildman–Crippen MR) is 111 cm³/mol. The summed E-state index contributed by atoms with van der Waals surface area (Å²) in [4.78, 5) is 13.6. The second kappa shape index (κ2) is 7.60. The third-order valence-corrected chi connectivity index (χ3v) is 7.59. The molecule has 1 saturated heterocycles. The molecule has 3 fully saturated rings. The molecule has 31 heavy (non-hydrogen) atoms. The van der Waals surface area contributed by atoms with Gasteiger partial charge in [0.15, 0.2) is 0 Å². The van der Waals surface area contributed by atoms with Gasteiger partial charge in [-0.1, -0.05) is 19.9 Å². The fraction of sp³-hybridized carbons (Fsp3) is 0.522. The first-order chi connectivity index (χ1) is 14.6. The standard InChI is InChI=1S/C23H27F2N3O3/c1-22(2)14-6-7-23(22,18-11-28(8-9-31-18)19(30)12-29)21(27)13(14)10-17(26)20-15(24)4-3-5-16(20)25/h3-5,10,14,18,26-27,29H,6-9,11-12H2,1-2H3/b13-10-,26-17?,27-21?/t14-,18-,23-/m0/s1. The molecule has 8 heteroatoms. The number of allylic oxidation sites excluding steroid dienone is 2. The molecule has 3 aliphatic rings. The Morgan fingerprint density at radius 3 is 2.68 bits per heavy atom. The summed E-state index contributed by atoms with van der Waals surface area (Å²) >= 11 is 0. The highest BCUT2D eigenvalue weighted by Gasteiger charge is 2.68. The van der Waals surface area contributed by atoms with Crippen molar-refractivity contribution < 1.29 is 23.4 Å². The molecular formula is C23H27F2N3O3. The second-order valence-electron chi connectivity index (χ2n) is 9.13. The van der Waals surface area contributed by atoms with Gasteiger partial charge in [-0.05, 0) is 48.0 Å². The van der Waals surface area contributed by atoms with Crippen molar-refractivity contribution >= 4 is 17.3 Å². The van der Waals surface area contributed by atoms with Gasteiger partial charge in [-0.2, -0.15) is 0 Å². The Bertz CT molecular complexity index is 970. The number of amides is 1. The lowest BCUT2D eigenvalue weighted by atomic mass is 9.64. The van der Waals surface area contributed by atoms with Crippen LogP contribution < -0.4 is 0 Å². The minimum atomic E-state index is -0.806. The predicted octanol–water partition coefficient (Wildman–Crippen LogP) is 2.93. The van der Waals surface area contributed by atoms with Crippen LogP contribution in [0, 0.1) is 39.2 Å². The van der Waals surface area contributed by atoms with Crippen LogP contribution in [-0.2, 0) is 9.53 Å². The van der Waals surface area contributed by atoms with Gasteiger partial charge in [0.2, 0.25) is 5.91 Å². The van der Waals surface area contributed by atoms with Gasteiger partial charge in [0.25, 0.3) is 0 Å². The number of aliphatic hydroxyl groups is 1. The molecule has 2 saturated carbocycles. The number of fused-ring (bicyclic) bond motifs is 2. The molecule has 0 unspecified atom stereocenters. The lowest BCUT2D eigenvalue weighted by molar-refractivity contribution is -0.149. The summed E-state index contributed by atoms with van der Waals surface area (Å²) in [7, 11) is 0. The fourth-order valence-electron chi connectivity index (χ4n) is 5.96. The van der Waals surface area contributed by atoms with Gasteiger partial charge >= 0.3 is 0 Å². The molecule has 0 radical (unpaired) electrons. The molecule has 6 nitrogen and oxygen atoms in total. The van der Waals surface area contributed by atoms with Crippen LogP contribution in [0.5, 0.6) is 0 Å². The molecular weight excluding hydrogens is 404 g/mol. The first kappa shape index (κ1) is 21.8. The summed E-state index contributed by atoms with van der Waals surface area (Å²) in [5.41, 5.74) is -0.829. The number of carbonyl (C=O) groups excluding carboxylic acids is 1. The summed E-state index contributed by atoms with van der Waals surface area (Å²) < 4.78 is 34.5. The lowest BCUT2D eigenvalue weighted by Crippen LogP contribution is -2.57. The van der Waals surface area contributed by atoms with E-state index in [9.17, 15) is 18.7 Å². The van der Waals surface area contributed by atoms with E-state index in [1.165, 1.54) is 12.1 Å². The van der Waals surface area contributed by atoms with Crippen molar-refractivity contribution in [2.45, 2.75) is 32.8 Å². The molecule has 3 N–H and O–H groups in total. The number of aliphatic hydroxyl groups excluding tert-OH is 1. The molecule has 0 spiro atoms. The Balaban J connectivity index is 1.71. The number of nitrogens with zero attached hydrogens (tertiary/aromatic N) is 1. The highest BCUT2D eigenvalue weighted by Crippen LogP contribution is 2.68. The first-order valence-corrected chi connectivity index (χ1v) is 10.5. The van der Waals surface area contributed by atoms with Gasteiger partial charge < -0.3 is 25.6 Å². The second-order valence-corrected chi connectivity index (χ2v) is 9.13. The maximum Gasteiger partial charge on any atom is 0.248 e. The van der Waals surface area contributed by atoms with Crippen LogP contribution >= 0.6 is 0 Å². The van der Waals surface area contributed by atoms with E-state index in [1.54, 1.807) is 4.90 Å². The van der Waals surface area contributed by atoms with Crippen LogP contribution in [-0.4, -0.2) is 59.7 Å². The number of benzene rings is 1. The Kier molecular flexibility index (Phi) is 5.34. The van der Waals surface area contributed by atoms with E-state index in [-0.39, 0.29) is 29.5 Å². The molecule has 1 aromatic rings. The Morgan fingerprint density at radius 2 is 2.03 bits per heavy atom. The van der Waals surface area contributed by atoms with Crippen LogP contribution in [0.15, 0.2) is 29.8 Å². The van der Waals surface area contributed by atoms with Crippen molar-refractivity contribution in [3.05, 3.63) is 47.0 Å². The molecule has 2 aliphatic carbocycles. The SMILES string of the molecule is CC1(C)[C@H]2CC[C@]1([C@@H]1CN(C(=O)CO)CCO1)C(=N)/C2=C\C(=N)c1c(F)cccc1F. The van der Waals surface area contributed by atoms with E-state index in [0.29, 0.717) is 30.9 Å². The number of hydrogen-bond donors (Lipinski definition) is 3. The number of ether oxygens (including phenoxy) is 1. The number of hydrogen-bond acceptors (Lipinski definition) is 5. The normalized spacial score (nSPS) is 30.8. The van der Waals surface area contributed by atoms with Gasteiger partial charge in [0.1, 0.15) is 18.2 Å². The Labute approximate surface area is 179 Å². The summed E-state index contributed by atoms with van der Waals surface area (Å²) in [6.07, 6.45) is 2.47. The number of morpholine rings is 1. The zero-order chi connectivity index (χ0) is 22.6. The van der Waals surface area contributed by atoms with Crippen molar-refractivity contribution in [2.24, 2.45) is 16.7 Å². The summed E-state index contributed by atoms with van der Waals surface area (Å²) in [6, 6.07) is 3.49. The van der Waals surface area contributed by atoms with Crippen molar-refractivity contribution in [1.29, 1.82) is 10.8 Å². The highest BCUT2D eigenvalue weighted by molar-refractivity contribution is 6.15.